The van der Waals surface area contributed by atoms with E-state index in [-0.39, 0.29) is 31.3 Å². The lowest BCUT2D eigenvalue weighted by Crippen LogP contribution is -2.48. The zero-order chi connectivity index (χ0) is 21.7. The summed E-state index contributed by atoms with van der Waals surface area (Å²) in [5, 5.41) is 5.27. The van der Waals surface area contributed by atoms with Crippen LogP contribution in [0.1, 0.15) is 31.1 Å². The molecule has 3 rings (SSSR count). The molecule has 0 saturated carbocycles. The van der Waals surface area contributed by atoms with E-state index in [9.17, 15) is 9.59 Å². The number of morpholine rings is 1. The normalized spacial score (nSPS) is 19.3. The van der Waals surface area contributed by atoms with Gasteiger partial charge in [-0.15, -0.1) is 11.3 Å². The minimum absolute atomic E-state index is 0.0834. The van der Waals surface area contributed by atoms with Crippen LogP contribution < -0.4 is 10.1 Å². The molecule has 0 bridgehead atoms. The fourth-order valence-corrected chi connectivity index (χ4v) is 4.60. The van der Waals surface area contributed by atoms with Crippen LogP contribution in [-0.4, -0.2) is 62.3 Å². The van der Waals surface area contributed by atoms with Gasteiger partial charge in [0.25, 0.3) is 0 Å². The monoisotopic (exact) mass is 432 g/mol. The maximum absolute atomic E-state index is 12.7. The quantitative estimate of drug-likeness (QED) is 0.673. The summed E-state index contributed by atoms with van der Waals surface area (Å²) in [6, 6.07) is 7.43. The molecule has 1 amide bonds. The smallest absolute Gasteiger partial charge is 0.341 e. The molecule has 1 aromatic carbocycles. The number of thiophene rings is 1. The largest absolute Gasteiger partial charge is 0.497 e. The van der Waals surface area contributed by atoms with Crippen molar-refractivity contribution < 1.29 is 23.8 Å². The molecule has 1 saturated heterocycles. The van der Waals surface area contributed by atoms with Gasteiger partial charge in [0.05, 0.1) is 32.5 Å². The van der Waals surface area contributed by atoms with Gasteiger partial charge in [-0.2, -0.15) is 0 Å². The Hall–Kier alpha value is -2.42. The van der Waals surface area contributed by atoms with E-state index in [1.807, 2.05) is 43.5 Å². The van der Waals surface area contributed by atoms with E-state index in [0.29, 0.717) is 23.7 Å². The Morgan fingerprint density at radius 1 is 1.20 bits per heavy atom. The summed E-state index contributed by atoms with van der Waals surface area (Å²) in [6.07, 6.45) is 0.167. The SMILES string of the molecule is CCOC(=O)c1c(-c2ccc(OC)cc2)csc1NC(=O)CN1CC(C)OC(C)C1. The molecule has 2 unspecified atom stereocenters. The second kappa shape index (κ2) is 10.1. The Balaban J connectivity index is 1.80. The van der Waals surface area contributed by atoms with Crippen molar-refractivity contribution in [3.8, 4) is 16.9 Å². The highest BCUT2D eigenvalue weighted by atomic mass is 32.1. The number of anilines is 1. The molecule has 0 spiro atoms. The second-order valence-corrected chi connectivity index (χ2v) is 8.18. The molecular weight excluding hydrogens is 404 g/mol. The van der Waals surface area contributed by atoms with Crippen molar-refractivity contribution in [2.45, 2.75) is 33.0 Å². The van der Waals surface area contributed by atoms with Crippen LogP contribution in [0.25, 0.3) is 11.1 Å². The Labute approximate surface area is 180 Å². The van der Waals surface area contributed by atoms with Gasteiger partial charge in [-0.1, -0.05) is 12.1 Å². The van der Waals surface area contributed by atoms with Crippen molar-refractivity contribution in [3.63, 3.8) is 0 Å². The van der Waals surface area contributed by atoms with Crippen molar-refractivity contribution in [1.29, 1.82) is 0 Å². The lowest BCUT2D eigenvalue weighted by atomic mass is 10.0. The Bertz CT molecular complexity index is 870. The molecule has 0 radical (unpaired) electrons. The summed E-state index contributed by atoms with van der Waals surface area (Å²) >= 11 is 1.32. The zero-order valence-electron chi connectivity index (χ0n) is 17.8. The van der Waals surface area contributed by atoms with E-state index in [0.717, 1.165) is 16.9 Å². The molecule has 8 heteroatoms. The lowest BCUT2D eigenvalue weighted by Gasteiger charge is -2.34. The van der Waals surface area contributed by atoms with Crippen LogP contribution in [0.5, 0.6) is 5.75 Å². The number of nitrogens with one attached hydrogen (secondary N) is 1. The van der Waals surface area contributed by atoms with Crippen molar-refractivity contribution in [1.82, 2.24) is 4.90 Å². The van der Waals surface area contributed by atoms with Crippen LogP contribution in [0.2, 0.25) is 0 Å². The van der Waals surface area contributed by atoms with Crippen LogP contribution in [0.3, 0.4) is 0 Å². The van der Waals surface area contributed by atoms with E-state index >= 15 is 0 Å². The molecule has 30 heavy (non-hydrogen) atoms. The van der Waals surface area contributed by atoms with E-state index in [1.54, 1.807) is 14.0 Å². The average Bonchev–Trinajstić information content (AvgIpc) is 3.10. The van der Waals surface area contributed by atoms with Gasteiger partial charge in [0, 0.05) is 24.0 Å². The number of methoxy groups -OCH3 is 1. The molecule has 1 fully saturated rings. The number of hydrogen-bond donors (Lipinski definition) is 1. The third-order valence-corrected chi connectivity index (χ3v) is 5.68. The van der Waals surface area contributed by atoms with Gasteiger partial charge in [-0.3, -0.25) is 9.69 Å². The Morgan fingerprint density at radius 3 is 2.47 bits per heavy atom. The predicted octanol–water partition coefficient (Wildman–Crippen LogP) is 3.65. The number of carbonyl (C=O) groups is 2. The summed E-state index contributed by atoms with van der Waals surface area (Å²) in [7, 11) is 1.60. The van der Waals surface area contributed by atoms with Gasteiger partial charge < -0.3 is 19.5 Å². The number of hydrogen-bond acceptors (Lipinski definition) is 7. The Morgan fingerprint density at radius 2 is 1.87 bits per heavy atom. The molecule has 2 heterocycles. The highest BCUT2D eigenvalue weighted by Gasteiger charge is 2.26. The summed E-state index contributed by atoms with van der Waals surface area (Å²) in [4.78, 5) is 27.4. The molecule has 162 valence electrons. The number of ether oxygens (including phenoxy) is 3. The van der Waals surface area contributed by atoms with E-state index in [1.165, 1.54) is 11.3 Å². The van der Waals surface area contributed by atoms with Crippen LogP contribution in [0, 0.1) is 0 Å². The van der Waals surface area contributed by atoms with Crippen molar-refractivity contribution in [2.24, 2.45) is 0 Å². The maximum atomic E-state index is 12.7. The van der Waals surface area contributed by atoms with Crippen molar-refractivity contribution in [3.05, 3.63) is 35.2 Å². The lowest BCUT2D eigenvalue weighted by molar-refractivity contribution is -0.121. The van der Waals surface area contributed by atoms with Gasteiger partial charge in [-0.25, -0.2) is 4.79 Å². The van der Waals surface area contributed by atoms with Gasteiger partial charge in [0.2, 0.25) is 5.91 Å². The zero-order valence-corrected chi connectivity index (χ0v) is 18.6. The highest BCUT2D eigenvalue weighted by Crippen LogP contribution is 2.37. The summed E-state index contributed by atoms with van der Waals surface area (Å²) < 4.78 is 16.2. The maximum Gasteiger partial charge on any atom is 0.341 e. The molecule has 1 aromatic heterocycles. The molecule has 7 nitrogen and oxygen atoms in total. The van der Waals surface area contributed by atoms with Gasteiger partial charge in [-0.05, 0) is 38.5 Å². The van der Waals surface area contributed by atoms with Gasteiger partial charge >= 0.3 is 5.97 Å². The van der Waals surface area contributed by atoms with Gasteiger partial charge in [0.1, 0.15) is 16.3 Å². The van der Waals surface area contributed by atoms with Crippen LogP contribution in [0.4, 0.5) is 5.00 Å². The number of amides is 1. The molecule has 2 atom stereocenters. The first-order valence-electron chi connectivity index (χ1n) is 10.0. The fourth-order valence-electron chi connectivity index (χ4n) is 3.62. The second-order valence-electron chi connectivity index (χ2n) is 7.30. The molecule has 1 N–H and O–H groups in total. The summed E-state index contributed by atoms with van der Waals surface area (Å²) in [6.45, 7) is 7.66. The topological polar surface area (TPSA) is 77.1 Å². The van der Waals surface area contributed by atoms with Crippen molar-refractivity contribution >= 4 is 28.2 Å². The van der Waals surface area contributed by atoms with E-state index in [4.69, 9.17) is 14.2 Å². The van der Waals surface area contributed by atoms with Gasteiger partial charge in [0.15, 0.2) is 0 Å². The predicted molar refractivity (Wildman–Crippen MR) is 117 cm³/mol. The van der Waals surface area contributed by atoms with Crippen LogP contribution in [0.15, 0.2) is 29.6 Å². The number of carbonyl (C=O) groups excluding carboxylic acids is 2. The number of benzene rings is 1. The first kappa shape index (κ1) is 22.3. The minimum atomic E-state index is -0.450. The molecule has 2 aromatic rings. The third-order valence-electron chi connectivity index (χ3n) is 4.79. The first-order valence-corrected chi connectivity index (χ1v) is 10.9. The molecular formula is C22H28N2O5S. The van der Waals surface area contributed by atoms with E-state index < -0.39 is 5.97 Å². The van der Waals surface area contributed by atoms with Crippen LogP contribution in [-0.2, 0) is 14.3 Å². The highest BCUT2D eigenvalue weighted by molar-refractivity contribution is 7.15. The number of nitrogens with zero attached hydrogens (tertiary/aromatic N) is 1. The third kappa shape index (κ3) is 5.38. The number of rotatable bonds is 7. The number of esters is 1. The summed E-state index contributed by atoms with van der Waals surface area (Å²) in [5.74, 6) is 0.118. The first-order chi connectivity index (χ1) is 14.4. The standard InChI is InChI=1S/C22H28N2O5S/c1-5-28-22(26)20-18(16-6-8-17(27-4)9-7-16)13-30-21(20)23-19(25)12-24-10-14(2)29-15(3)11-24/h6-9,13-15H,5,10-12H2,1-4H3,(H,23,25). The van der Waals surface area contributed by atoms with Crippen LogP contribution >= 0.6 is 11.3 Å². The summed E-state index contributed by atoms with van der Waals surface area (Å²) in [5.41, 5.74) is 1.96. The Kier molecular flexibility index (Phi) is 7.47. The minimum Gasteiger partial charge on any atom is -0.497 e. The molecule has 0 aliphatic carbocycles. The average molecular weight is 433 g/mol. The molecule has 1 aliphatic rings. The van der Waals surface area contributed by atoms with E-state index in [2.05, 4.69) is 10.2 Å². The van der Waals surface area contributed by atoms with Crippen molar-refractivity contribution in [2.75, 3.05) is 38.7 Å². The fraction of sp³-hybridized carbons (Fsp3) is 0.455. The molecule has 1 aliphatic heterocycles.